The van der Waals surface area contributed by atoms with Crippen LogP contribution in [-0.4, -0.2) is 32.2 Å². The minimum atomic E-state index is -4.50. The highest BCUT2D eigenvalue weighted by Gasteiger charge is 2.31. The Kier molecular flexibility index (Phi) is 6.74. The molecule has 0 bridgehead atoms. The Morgan fingerprint density at radius 1 is 1.26 bits per heavy atom. The SMILES string of the molecule is Cc1cc(OCCCC(=O)O)cc2c1nc(C)n2CCc1ncc(C(F)(F)F)cc1Cl. The summed E-state index contributed by atoms with van der Waals surface area (Å²) in [5.41, 5.74) is 1.99. The lowest BCUT2D eigenvalue weighted by Gasteiger charge is -2.12. The van der Waals surface area contributed by atoms with E-state index in [-0.39, 0.29) is 18.1 Å². The fraction of sp³-hybridized carbons (Fsp3) is 0.381. The second kappa shape index (κ2) is 9.13. The molecule has 10 heteroatoms. The maximum Gasteiger partial charge on any atom is 0.417 e. The van der Waals surface area contributed by atoms with E-state index in [1.807, 2.05) is 30.5 Å². The molecule has 1 aromatic carbocycles. The summed E-state index contributed by atoms with van der Waals surface area (Å²) in [5.74, 6) is 0.464. The molecule has 0 fully saturated rings. The second-order valence-electron chi connectivity index (χ2n) is 7.16. The Balaban J connectivity index is 1.80. The predicted molar refractivity (Wildman–Crippen MR) is 110 cm³/mol. The van der Waals surface area contributed by atoms with Crippen LogP contribution in [0.5, 0.6) is 5.75 Å². The molecular weight excluding hydrogens is 435 g/mol. The van der Waals surface area contributed by atoms with Crippen LogP contribution in [0.15, 0.2) is 24.4 Å². The molecule has 0 aliphatic rings. The number of pyridine rings is 1. The van der Waals surface area contributed by atoms with Gasteiger partial charge in [-0.15, -0.1) is 0 Å². The summed E-state index contributed by atoms with van der Waals surface area (Å²) in [7, 11) is 0. The predicted octanol–water partition coefficient (Wildman–Crippen LogP) is 5.21. The minimum Gasteiger partial charge on any atom is -0.493 e. The number of ether oxygens (including phenoxy) is 1. The Hall–Kier alpha value is -2.81. The Bertz CT molecular complexity index is 1110. The molecule has 1 N–H and O–H groups in total. The van der Waals surface area contributed by atoms with E-state index in [1.54, 1.807) is 0 Å². The summed E-state index contributed by atoms with van der Waals surface area (Å²) in [6.07, 6.45) is -2.97. The Morgan fingerprint density at radius 2 is 2.00 bits per heavy atom. The van der Waals surface area contributed by atoms with Gasteiger partial charge in [-0.25, -0.2) is 4.98 Å². The lowest BCUT2D eigenvalue weighted by molar-refractivity contribution is -0.138. The van der Waals surface area contributed by atoms with Gasteiger partial charge in [-0.05, 0) is 38.0 Å². The number of nitrogens with zero attached hydrogens (tertiary/aromatic N) is 3. The zero-order valence-corrected chi connectivity index (χ0v) is 17.7. The van der Waals surface area contributed by atoms with Crippen molar-refractivity contribution in [3.63, 3.8) is 0 Å². The van der Waals surface area contributed by atoms with Crippen LogP contribution >= 0.6 is 11.6 Å². The number of rotatable bonds is 8. The van der Waals surface area contributed by atoms with Crippen molar-refractivity contribution >= 4 is 28.6 Å². The third kappa shape index (κ3) is 5.46. The molecule has 0 amide bonds. The molecule has 0 saturated carbocycles. The molecule has 3 aromatic rings. The molecule has 31 heavy (non-hydrogen) atoms. The molecule has 0 aliphatic carbocycles. The van der Waals surface area contributed by atoms with Crippen molar-refractivity contribution in [2.75, 3.05) is 6.61 Å². The van der Waals surface area contributed by atoms with Gasteiger partial charge in [0.05, 0.1) is 33.9 Å². The standard InChI is InChI=1S/C21H21ClF3N3O3/c1-12-8-15(31-7-3-4-19(29)30)10-18-20(12)27-13(2)28(18)6-5-17-16(22)9-14(11-26-17)21(23,24)25/h8-11H,3-7H2,1-2H3,(H,29,30). The number of benzene rings is 1. The molecule has 3 rings (SSSR count). The first-order valence-corrected chi connectivity index (χ1v) is 9.97. The molecule has 6 nitrogen and oxygen atoms in total. The van der Waals surface area contributed by atoms with Gasteiger partial charge in [-0.3, -0.25) is 9.78 Å². The Morgan fingerprint density at radius 3 is 2.65 bits per heavy atom. The van der Waals surface area contributed by atoms with Crippen molar-refractivity contribution in [3.8, 4) is 5.75 Å². The fourth-order valence-electron chi connectivity index (χ4n) is 3.28. The molecule has 0 aliphatic heterocycles. The van der Waals surface area contributed by atoms with Crippen molar-refractivity contribution in [1.82, 2.24) is 14.5 Å². The van der Waals surface area contributed by atoms with Crippen LogP contribution in [-0.2, 0) is 23.9 Å². The highest BCUT2D eigenvalue weighted by molar-refractivity contribution is 6.31. The van der Waals surface area contributed by atoms with Crippen LogP contribution in [0.2, 0.25) is 5.02 Å². The van der Waals surface area contributed by atoms with Gasteiger partial charge in [0, 0.05) is 31.6 Å². The van der Waals surface area contributed by atoms with Crippen LogP contribution in [0.25, 0.3) is 11.0 Å². The smallest absolute Gasteiger partial charge is 0.417 e. The van der Waals surface area contributed by atoms with Crippen molar-refractivity contribution in [2.45, 2.75) is 45.8 Å². The number of carboxylic acids is 1. The van der Waals surface area contributed by atoms with E-state index in [0.29, 0.717) is 30.8 Å². The van der Waals surface area contributed by atoms with E-state index in [0.717, 1.165) is 34.7 Å². The first-order valence-electron chi connectivity index (χ1n) is 9.60. The summed E-state index contributed by atoms with van der Waals surface area (Å²) >= 11 is 6.03. The average molecular weight is 456 g/mol. The number of aliphatic carboxylic acids is 1. The normalized spacial score (nSPS) is 11.8. The molecule has 0 unspecified atom stereocenters. The molecule has 2 heterocycles. The summed E-state index contributed by atoms with van der Waals surface area (Å²) in [6.45, 7) is 4.43. The zero-order valence-electron chi connectivity index (χ0n) is 17.0. The van der Waals surface area contributed by atoms with E-state index in [1.165, 1.54) is 0 Å². The van der Waals surface area contributed by atoms with Gasteiger partial charge in [-0.2, -0.15) is 13.2 Å². The third-order valence-electron chi connectivity index (χ3n) is 4.83. The molecular formula is C21H21ClF3N3O3. The van der Waals surface area contributed by atoms with Crippen molar-refractivity contribution in [2.24, 2.45) is 0 Å². The van der Waals surface area contributed by atoms with Crippen molar-refractivity contribution in [1.29, 1.82) is 0 Å². The van der Waals surface area contributed by atoms with Gasteiger partial charge in [-0.1, -0.05) is 11.6 Å². The van der Waals surface area contributed by atoms with E-state index < -0.39 is 17.7 Å². The van der Waals surface area contributed by atoms with Gasteiger partial charge >= 0.3 is 12.1 Å². The highest BCUT2D eigenvalue weighted by Crippen LogP contribution is 2.31. The van der Waals surface area contributed by atoms with Crippen LogP contribution in [0.1, 0.15) is 35.5 Å². The van der Waals surface area contributed by atoms with Gasteiger partial charge in [0.15, 0.2) is 0 Å². The number of fused-ring (bicyclic) bond motifs is 1. The van der Waals surface area contributed by atoms with E-state index in [2.05, 4.69) is 9.97 Å². The number of hydrogen-bond donors (Lipinski definition) is 1. The van der Waals surface area contributed by atoms with Crippen LogP contribution in [0.4, 0.5) is 13.2 Å². The topological polar surface area (TPSA) is 77.2 Å². The van der Waals surface area contributed by atoms with Gasteiger partial charge in [0.1, 0.15) is 11.6 Å². The number of hydrogen-bond acceptors (Lipinski definition) is 4. The number of aryl methyl sites for hydroxylation is 4. The number of halogens is 4. The van der Waals surface area contributed by atoms with E-state index >= 15 is 0 Å². The molecule has 0 saturated heterocycles. The number of carboxylic acid groups (broad SMARTS) is 1. The highest BCUT2D eigenvalue weighted by atomic mass is 35.5. The monoisotopic (exact) mass is 455 g/mol. The summed E-state index contributed by atoms with van der Waals surface area (Å²) in [5, 5.41) is 8.69. The largest absolute Gasteiger partial charge is 0.493 e. The lowest BCUT2D eigenvalue weighted by Crippen LogP contribution is -2.09. The number of imidazole rings is 1. The summed E-state index contributed by atoms with van der Waals surface area (Å²) in [4.78, 5) is 19.1. The van der Waals surface area contributed by atoms with Crippen LogP contribution in [0, 0.1) is 13.8 Å². The number of alkyl halides is 3. The first kappa shape index (κ1) is 22.9. The minimum absolute atomic E-state index is 0.0269. The van der Waals surface area contributed by atoms with E-state index in [9.17, 15) is 18.0 Å². The maximum atomic E-state index is 12.8. The average Bonchev–Trinajstić information content (AvgIpc) is 2.99. The van der Waals surface area contributed by atoms with Gasteiger partial charge in [0.25, 0.3) is 0 Å². The quantitative estimate of drug-likeness (QED) is 0.472. The summed E-state index contributed by atoms with van der Waals surface area (Å²) < 4.78 is 46.1. The zero-order chi connectivity index (χ0) is 22.8. The van der Waals surface area contributed by atoms with Crippen molar-refractivity contribution < 1.29 is 27.8 Å². The Labute approximate surface area is 181 Å². The molecule has 0 spiro atoms. The number of aromatic nitrogens is 3. The molecule has 166 valence electrons. The van der Waals surface area contributed by atoms with Crippen LogP contribution < -0.4 is 4.74 Å². The summed E-state index contributed by atoms with van der Waals surface area (Å²) in [6, 6.07) is 4.55. The second-order valence-corrected chi connectivity index (χ2v) is 7.57. The lowest BCUT2D eigenvalue weighted by atomic mass is 10.2. The van der Waals surface area contributed by atoms with Crippen molar-refractivity contribution in [3.05, 3.63) is 52.1 Å². The molecule has 2 aromatic heterocycles. The van der Waals surface area contributed by atoms with Crippen LogP contribution in [0.3, 0.4) is 0 Å². The molecule has 0 atom stereocenters. The number of carbonyl (C=O) groups is 1. The van der Waals surface area contributed by atoms with Gasteiger partial charge in [0.2, 0.25) is 0 Å². The first-order chi connectivity index (χ1) is 14.6. The molecule has 0 radical (unpaired) electrons. The third-order valence-corrected chi connectivity index (χ3v) is 5.16. The van der Waals surface area contributed by atoms with E-state index in [4.69, 9.17) is 21.4 Å². The van der Waals surface area contributed by atoms with Gasteiger partial charge < -0.3 is 14.4 Å². The fourth-order valence-corrected chi connectivity index (χ4v) is 3.54. The maximum absolute atomic E-state index is 12.8.